The van der Waals surface area contributed by atoms with E-state index in [0.717, 1.165) is 57.8 Å². The van der Waals surface area contributed by atoms with Crippen LogP contribution in [-0.4, -0.2) is 48.6 Å². The zero-order chi connectivity index (χ0) is 18.1. The molecule has 2 heterocycles. The summed E-state index contributed by atoms with van der Waals surface area (Å²) in [6.45, 7) is 1.91. The van der Waals surface area contributed by atoms with E-state index in [0.29, 0.717) is 30.8 Å². The van der Waals surface area contributed by atoms with Crippen molar-refractivity contribution in [3.05, 3.63) is 0 Å². The molecule has 6 nitrogen and oxygen atoms in total. The monoisotopic (exact) mass is 366 g/mol. The Hall–Kier alpha value is -1.14. The van der Waals surface area contributed by atoms with E-state index in [-0.39, 0.29) is 30.1 Å². The van der Waals surface area contributed by atoms with Crippen LogP contribution in [0.2, 0.25) is 0 Å². The first-order valence-electron chi connectivity index (χ1n) is 10.3. The molecule has 0 N–H and O–H groups in total. The van der Waals surface area contributed by atoms with Gasteiger partial charge in [0.25, 0.3) is 0 Å². The van der Waals surface area contributed by atoms with Crippen LogP contribution in [0.15, 0.2) is 0 Å². The lowest BCUT2D eigenvalue weighted by atomic mass is 9.97. The van der Waals surface area contributed by atoms with Crippen LogP contribution < -0.4 is 0 Å². The van der Waals surface area contributed by atoms with Crippen molar-refractivity contribution in [2.45, 2.75) is 108 Å². The fraction of sp³-hybridized carbons (Fsp3) is 0.900. The van der Waals surface area contributed by atoms with Gasteiger partial charge in [-0.2, -0.15) is 0 Å². The lowest BCUT2D eigenvalue weighted by Crippen LogP contribution is -2.27. The molecule has 0 amide bonds. The molecule has 26 heavy (non-hydrogen) atoms. The molecule has 6 heteroatoms. The molecule has 2 aliphatic carbocycles. The molecule has 0 aromatic carbocycles. The fourth-order valence-corrected chi connectivity index (χ4v) is 4.31. The van der Waals surface area contributed by atoms with Gasteiger partial charge in [-0.3, -0.25) is 9.59 Å². The molecule has 0 radical (unpaired) electrons. The highest BCUT2D eigenvalue weighted by molar-refractivity contribution is 5.72. The van der Waals surface area contributed by atoms with Crippen LogP contribution >= 0.6 is 0 Å². The molecule has 7 atom stereocenters. The van der Waals surface area contributed by atoms with E-state index in [2.05, 4.69) is 0 Å². The van der Waals surface area contributed by atoms with Gasteiger partial charge in [0.2, 0.25) is 0 Å². The van der Waals surface area contributed by atoms with E-state index >= 15 is 0 Å². The highest BCUT2D eigenvalue weighted by Gasteiger charge is 2.45. The molecule has 146 valence electrons. The molecule has 0 bridgehead atoms. The average Bonchev–Trinajstić information content (AvgIpc) is 3.51. The van der Waals surface area contributed by atoms with E-state index in [4.69, 9.17) is 18.9 Å². The Balaban J connectivity index is 1.05. The lowest BCUT2D eigenvalue weighted by molar-refractivity contribution is -0.154. The number of ether oxygens (including phenoxy) is 4. The Morgan fingerprint density at radius 2 is 1.50 bits per heavy atom. The number of carbonyl (C=O) groups is 2. The fourth-order valence-electron chi connectivity index (χ4n) is 4.31. The van der Waals surface area contributed by atoms with Crippen molar-refractivity contribution in [1.29, 1.82) is 0 Å². The first kappa shape index (κ1) is 18.2. The molecule has 0 aromatic heterocycles. The quantitative estimate of drug-likeness (QED) is 0.373. The van der Waals surface area contributed by atoms with Gasteiger partial charge in [-0.15, -0.1) is 0 Å². The highest BCUT2D eigenvalue weighted by Crippen LogP contribution is 2.38. The summed E-state index contributed by atoms with van der Waals surface area (Å²) >= 11 is 0. The van der Waals surface area contributed by atoms with Crippen molar-refractivity contribution >= 4 is 11.9 Å². The Bertz CT molecular complexity index is 534. The maximum absolute atomic E-state index is 12.2. The Morgan fingerprint density at radius 3 is 2.12 bits per heavy atom. The van der Waals surface area contributed by atoms with E-state index in [1.165, 1.54) is 0 Å². The van der Waals surface area contributed by atoms with Gasteiger partial charge in [-0.25, -0.2) is 0 Å². The highest BCUT2D eigenvalue weighted by atomic mass is 16.6. The van der Waals surface area contributed by atoms with Gasteiger partial charge in [-0.05, 0) is 38.5 Å². The first-order chi connectivity index (χ1) is 12.6. The third-order valence-electron chi connectivity index (χ3n) is 6.16. The van der Waals surface area contributed by atoms with E-state index in [1.54, 1.807) is 0 Å². The second kappa shape index (κ2) is 7.85. The van der Waals surface area contributed by atoms with E-state index in [9.17, 15) is 9.59 Å². The van der Waals surface area contributed by atoms with Gasteiger partial charge in [0.1, 0.15) is 12.2 Å². The minimum absolute atomic E-state index is 0.0224. The van der Waals surface area contributed by atoms with Crippen LogP contribution in [0.3, 0.4) is 0 Å². The minimum atomic E-state index is -0.120. The summed E-state index contributed by atoms with van der Waals surface area (Å²) in [5.41, 5.74) is 0. The largest absolute Gasteiger partial charge is 0.462 e. The summed E-state index contributed by atoms with van der Waals surface area (Å²) in [5, 5.41) is 0. The lowest BCUT2D eigenvalue weighted by Gasteiger charge is -2.21. The summed E-state index contributed by atoms with van der Waals surface area (Å²) in [6, 6.07) is 0. The summed E-state index contributed by atoms with van der Waals surface area (Å²) in [4.78, 5) is 24.1. The zero-order valence-corrected chi connectivity index (χ0v) is 15.6. The van der Waals surface area contributed by atoms with Gasteiger partial charge in [0.15, 0.2) is 0 Å². The molecule has 4 fully saturated rings. The van der Waals surface area contributed by atoms with Crippen molar-refractivity contribution < 1.29 is 28.5 Å². The third kappa shape index (κ3) is 4.77. The second-order valence-electron chi connectivity index (χ2n) is 8.37. The molecule has 0 spiro atoms. The summed E-state index contributed by atoms with van der Waals surface area (Å²) in [7, 11) is 0. The molecular weight excluding hydrogens is 336 g/mol. The Kier molecular flexibility index (Phi) is 5.50. The van der Waals surface area contributed by atoms with Crippen LogP contribution in [-0.2, 0) is 28.5 Å². The SMILES string of the molecule is CC(CCCCC(=O)OC1CCC2OC2C1)C(=O)OC1CCC2OC2C1. The van der Waals surface area contributed by atoms with Crippen molar-refractivity contribution in [2.75, 3.05) is 0 Å². The van der Waals surface area contributed by atoms with Crippen LogP contribution in [0.4, 0.5) is 0 Å². The van der Waals surface area contributed by atoms with E-state index < -0.39 is 0 Å². The topological polar surface area (TPSA) is 77.7 Å². The minimum Gasteiger partial charge on any atom is -0.462 e. The first-order valence-corrected chi connectivity index (χ1v) is 10.3. The number of unbranched alkanes of at least 4 members (excludes halogenated alkanes) is 1. The molecule has 0 aromatic rings. The predicted molar refractivity (Wildman–Crippen MR) is 92.4 cm³/mol. The molecule has 2 saturated carbocycles. The maximum atomic E-state index is 12.2. The molecule has 7 unspecified atom stereocenters. The molecule has 4 aliphatic rings. The van der Waals surface area contributed by atoms with Crippen molar-refractivity contribution in [3.8, 4) is 0 Å². The Morgan fingerprint density at radius 1 is 0.885 bits per heavy atom. The predicted octanol–water partition coefficient (Wildman–Crippen LogP) is 2.91. The normalized spacial score (nSPS) is 38.5. The maximum Gasteiger partial charge on any atom is 0.308 e. The van der Waals surface area contributed by atoms with Gasteiger partial charge in [0, 0.05) is 19.3 Å². The molecule has 2 aliphatic heterocycles. The van der Waals surface area contributed by atoms with Gasteiger partial charge in [-0.1, -0.05) is 13.3 Å². The summed E-state index contributed by atoms with van der Waals surface area (Å²) in [6.07, 6.45) is 9.89. The van der Waals surface area contributed by atoms with Crippen molar-refractivity contribution in [3.63, 3.8) is 0 Å². The van der Waals surface area contributed by atoms with Crippen LogP contribution in [0.25, 0.3) is 0 Å². The number of carbonyl (C=O) groups excluding carboxylic acids is 2. The summed E-state index contributed by atoms with van der Waals surface area (Å²) in [5.74, 6) is -0.352. The molecular formula is C20H30O6. The van der Waals surface area contributed by atoms with Crippen molar-refractivity contribution in [2.24, 2.45) is 5.92 Å². The molecule has 2 saturated heterocycles. The van der Waals surface area contributed by atoms with Crippen molar-refractivity contribution in [1.82, 2.24) is 0 Å². The Labute approximate surface area is 154 Å². The number of fused-ring (bicyclic) bond motifs is 2. The van der Waals surface area contributed by atoms with Gasteiger partial charge >= 0.3 is 11.9 Å². The number of rotatable bonds is 8. The number of epoxide rings is 2. The van der Waals surface area contributed by atoms with Gasteiger partial charge in [0.05, 0.1) is 30.3 Å². The van der Waals surface area contributed by atoms with Crippen LogP contribution in [0.1, 0.15) is 71.1 Å². The smallest absolute Gasteiger partial charge is 0.308 e. The van der Waals surface area contributed by atoms with E-state index in [1.807, 2.05) is 6.92 Å². The van der Waals surface area contributed by atoms with Crippen LogP contribution in [0.5, 0.6) is 0 Å². The molecule has 4 rings (SSSR count). The van der Waals surface area contributed by atoms with Crippen LogP contribution in [0, 0.1) is 5.92 Å². The standard InChI is InChI=1S/C20H30O6/c1-12(20(22)24-14-7-9-16-18(11-14)26-16)4-2-3-5-19(21)23-13-6-8-15-17(10-13)25-15/h12-18H,2-11H2,1H3. The number of esters is 2. The number of hydrogen-bond acceptors (Lipinski definition) is 6. The third-order valence-corrected chi connectivity index (χ3v) is 6.16. The second-order valence-corrected chi connectivity index (χ2v) is 8.37. The van der Waals surface area contributed by atoms with Gasteiger partial charge < -0.3 is 18.9 Å². The average molecular weight is 366 g/mol. The number of hydrogen-bond donors (Lipinski definition) is 0. The zero-order valence-electron chi connectivity index (χ0n) is 15.6. The summed E-state index contributed by atoms with van der Waals surface area (Å²) < 4.78 is 22.1.